The number of rotatable bonds is 6. The molecule has 0 N–H and O–H groups in total. The van der Waals surface area contributed by atoms with Crippen LogP contribution in [-0.2, 0) is 0 Å². The van der Waals surface area contributed by atoms with E-state index < -0.39 is 0 Å². The van der Waals surface area contributed by atoms with Gasteiger partial charge in [-0.2, -0.15) is 0 Å². The first-order valence-corrected chi connectivity index (χ1v) is 8.59. The van der Waals surface area contributed by atoms with Crippen LogP contribution in [0.2, 0.25) is 5.02 Å². The molecule has 0 saturated carbocycles. The second-order valence-electron chi connectivity index (χ2n) is 5.86. The van der Waals surface area contributed by atoms with Crippen LogP contribution in [0.3, 0.4) is 0 Å². The molecule has 134 valence electrons. The average molecular weight is 371 g/mol. The van der Waals surface area contributed by atoms with E-state index >= 15 is 0 Å². The van der Waals surface area contributed by atoms with Gasteiger partial charge >= 0.3 is 0 Å². The number of hydrogen-bond acceptors (Lipinski definition) is 4. The van der Waals surface area contributed by atoms with E-state index in [2.05, 4.69) is 5.16 Å². The van der Waals surface area contributed by atoms with Gasteiger partial charge in [0.1, 0.15) is 29.4 Å². The maximum absolute atomic E-state index is 12.9. The first kappa shape index (κ1) is 18.0. The molecule has 0 unspecified atom stereocenters. The summed E-state index contributed by atoms with van der Waals surface area (Å²) in [6.45, 7) is 2.51. The van der Waals surface area contributed by atoms with Gasteiger partial charge in [0.2, 0.25) is 0 Å². The molecule has 3 rings (SSSR count). The number of nitrogens with zero attached hydrogens (tertiary/aromatic N) is 2. The number of halogens is 1. The monoisotopic (exact) mass is 370 g/mol. The summed E-state index contributed by atoms with van der Waals surface area (Å²) in [5.74, 6) is 1.01. The quantitative estimate of drug-likeness (QED) is 0.643. The zero-order chi connectivity index (χ0) is 18.5. The number of aryl methyl sites for hydroxylation is 1. The van der Waals surface area contributed by atoms with Crippen molar-refractivity contribution in [3.8, 4) is 17.0 Å². The summed E-state index contributed by atoms with van der Waals surface area (Å²) in [5.41, 5.74) is 1.87. The van der Waals surface area contributed by atoms with Gasteiger partial charge in [0, 0.05) is 17.6 Å². The Balaban J connectivity index is 1.68. The molecule has 0 fully saturated rings. The Hall–Kier alpha value is -2.79. The summed E-state index contributed by atoms with van der Waals surface area (Å²) < 4.78 is 10.9. The minimum Gasteiger partial charge on any atom is -0.492 e. The Morgan fingerprint density at radius 2 is 1.96 bits per heavy atom. The van der Waals surface area contributed by atoms with Crippen LogP contribution in [0.4, 0.5) is 0 Å². The van der Waals surface area contributed by atoms with Gasteiger partial charge in [-0.05, 0) is 25.1 Å². The normalized spacial score (nSPS) is 10.6. The molecule has 6 heteroatoms. The second-order valence-corrected chi connectivity index (χ2v) is 6.30. The number of carbonyl (C=O) groups excluding carboxylic acids is 1. The fraction of sp³-hybridized carbons (Fsp3) is 0.200. The predicted molar refractivity (Wildman–Crippen MR) is 101 cm³/mol. The summed E-state index contributed by atoms with van der Waals surface area (Å²) in [6, 6.07) is 16.7. The van der Waals surface area contributed by atoms with Crippen LogP contribution in [0.1, 0.15) is 16.1 Å². The standard InChI is InChI=1S/C20H19ClN2O3/c1-14-18(19(22-26-14)15-7-4-3-5-8-15)20(24)23(2)11-12-25-17-10-6-9-16(21)13-17/h3-10,13H,11-12H2,1-2H3. The van der Waals surface area contributed by atoms with Crippen molar-refractivity contribution in [2.75, 3.05) is 20.2 Å². The predicted octanol–water partition coefficient (Wildman–Crippen LogP) is 4.45. The van der Waals surface area contributed by atoms with E-state index in [-0.39, 0.29) is 5.91 Å². The summed E-state index contributed by atoms with van der Waals surface area (Å²) in [7, 11) is 1.73. The van der Waals surface area contributed by atoms with E-state index in [9.17, 15) is 4.79 Å². The third kappa shape index (κ3) is 4.06. The van der Waals surface area contributed by atoms with Crippen molar-refractivity contribution in [2.24, 2.45) is 0 Å². The topological polar surface area (TPSA) is 55.6 Å². The van der Waals surface area contributed by atoms with Crippen LogP contribution in [-0.4, -0.2) is 36.2 Å². The fourth-order valence-corrected chi connectivity index (χ4v) is 2.75. The van der Waals surface area contributed by atoms with Gasteiger partial charge in [-0.3, -0.25) is 4.79 Å². The highest BCUT2D eigenvalue weighted by Crippen LogP contribution is 2.26. The second kappa shape index (κ2) is 8.06. The van der Waals surface area contributed by atoms with E-state index in [1.165, 1.54) is 0 Å². The van der Waals surface area contributed by atoms with E-state index in [1.807, 2.05) is 42.5 Å². The summed E-state index contributed by atoms with van der Waals surface area (Å²) in [5, 5.41) is 4.67. The molecular formula is C20H19ClN2O3. The molecule has 0 aliphatic rings. The van der Waals surface area contributed by atoms with Gasteiger partial charge in [-0.25, -0.2) is 0 Å². The number of aromatic nitrogens is 1. The zero-order valence-electron chi connectivity index (χ0n) is 14.6. The van der Waals surface area contributed by atoms with Gasteiger partial charge in [0.15, 0.2) is 0 Å². The number of ether oxygens (including phenoxy) is 1. The molecule has 0 saturated heterocycles. The van der Waals surface area contributed by atoms with Crippen molar-refractivity contribution in [1.82, 2.24) is 10.1 Å². The highest BCUT2D eigenvalue weighted by molar-refractivity contribution is 6.30. The number of likely N-dealkylation sites (N-methyl/N-ethyl adjacent to an activating group) is 1. The highest BCUT2D eigenvalue weighted by atomic mass is 35.5. The highest BCUT2D eigenvalue weighted by Gasteiger charge is 2.24. The van der Waals surface area contributed by atoms with Crippen molar-refractivity contribution >= 4 is 17.5 Å². The lowest BCUT2D eigenvalue weighted by Crippen LogP contribution is -2.31. The van der Waals surface area contributed by atoms with Crippen molar-refractivity contribution in [2.45, 2.75) is 6.92 Å². The SMILES string of the molecule is Cc1onc(-c2ccccc2)c1C(=O)N(C)CCOc1cccc(Cl)c1. The smallest absolute Gasteiger partial charge is 0.259 e. The average Bonchev–Trinajstić information content (AvgIpc) is 3.03. The molecule has 0 radical (unpaired) electrons. The molecule has 0 spiro atoms. The lowest BCUT2D eigenvalue weighted by molar-refractivity contribution is 0.0772. The first-order chi connectivity index (χ1) is 12.6. The third-order valence-corrected chi connectivity index (χ3v) is 4.20. The van der Waals surface area contributed by atoms with E-state index in [0.717, 1.165) is 5.56 Å². The van der Waals surface area contributed by atoms with Crippen LogP contribution in [0.5, 0.6) is 5.75 Å². The van der Waals surface area contributed by atoms with Gasteiger partial charge in [-0.1, -0.05) is 53.2 Å². The Kier molecular flexibility index (Phi) is 5.58. The molecule has 1 amide bonds. The van der Waals surface area contributed by atoms with Crippen LogP contribution in [0.15, 0.2) is 59.1 Å². The molecule has 1 aromatic heterocycles. The maximum atomic E-state index is 12.9. The van der Waals surface area contributed by atoms with Crippen molar-refractivity contribution < 1.29 is 14.1 Å². The fourth-order valence-electron chi connectivity index (χ4n) is 2.57. The third-order valence-electron chi connectivity index (χ3n) is 3.96. The Labute approximate surface area is 157 Å². The van der Waals surface area contributed by atoms with Gasteiger partial charge in [-0.15, -0.1) is 0 Å². The lowest BCUT2D eigenvalue weighted by atomic mass is 10.1. The Morgan fingerprint density at radius 3 is 2.69 bits per heavy atom. The summed E-state index contributed by atoms with van der Waals surface area (Å²) >= 11 is 5.94. The molecule has 3 aromatic rings. The summed E-state index contributed by atoms with van der Waals surface area (Å²) in [4.78, 5) is 14.5. The molecular weight excluding hydrogens is 352 g/mol. The van der Waals surface area contributed by atoms with Crippen molar-refractivity contribution in [3.63, 3.8) is 0 Å². The van der Waals surface area contributed by atoms with Crippen LogP contribution in [0.25, 0.3) is 11.3 Å². The molecule has 0 aliphatic carbocycles. The maximum Gasteiger partial charge on any atom is 0.259 e. The van der Waals surface area contributed by atoms with Crippen molar-refractivity contribution in [1.29, 1.82) is 0 Å². The van der Waals surface area contributed by atoms with E-state index in [1.54, 1.807) is 31.0 Å². The molecule has 5 nitrogen and oxygen atoms in total. The zero-order valence-corrected chi connectivity index (χ0v) is 15.4. The number of hydrogen-bond donors (Lipinski definition) is 0. The van der Waals surface area contributed by atoms with Crippen LogP contribution < -0.4 is 4.74 Å². The lowest BCUT2D eigenvalue weighted by Gasteiger charge is -2.17. The largest absolute Gasteiger partial charge is 0.492 e. The molecule has 26 heavy (non-hydrogen) atoms. The number of benzene rings is 2. The molecule has 2 aromatic carbocycles. The number of carbonyl (C=O) groups is 1. The van der Waals surface area contributed by atoms with Crippen molar-refractivity contribution in [3.05, 3.63) is 70.9 Å². The minimum atomic E-state index is -0.155. The molecule has 0 aliphatic heterocycles. The van der Waals surface area contributed by atoms with Crippen LogP contribution in [0, 0.1) is 6.92 Å². The Bertz CT molecular complexity index is 893. The van der Waals surface area contributed by atoms with Crippen LogP contribution >= 0.6 is 11.6 Å². The van der Waals surface area contributed by atoms with Gasteiger partial charge in [0.05, 0.1) is 6.54 Å². The first-order valence-electron chi connectivity index (χ1n) is 8.22. The van der Waals surface area contributed by atoms with Gasteiger partial charge in [0.25, 0.3) is 5.91 Å². The van der Waals surface area contributed by atoms with E-state index in [4.69, 9.17) is 20.9 Å². The molecule has 0 bridgehead atoms. The minimum absolute atomic E-state index is 0.155. The molecule has 0 atom stereocenters. The summed E-state index contributed by atoms with van der Waals surface area (Å²) in [6.07, 6.45) is 0. The number of amides is 1. The Morgan fingerprint density at radius 1 is 1.19 bits per heavy atom. The molecule has 1 heterocycles. The van der Waals surface area contributed by atoms with Gasteiger partial charge < -0.3 is 14.2 Å². The van der Waals surface area contributed by atoms with E-state index in [0.29, 0.717) is 40.9 Å².